The molecule has 28 heavy (non-hydrogen) atoms. The molecule has 0 saturated carbocycles. The summed E-state index contributed by atoms with van der Waals surface area (Å²) in [6.07, 6.45) is 5.03. The van der Waals surface area contributed by atoms with Crippen molar-refractivity contribution in [3.8, 4) is 5.75 Å². The van der Waals surface area contributed by atoms with Gasteiger partial charge in [0.05, 0.1) is 13.7 Å². The number of methoxy groups -OCH3 is 1. The Hall–Kier alpha value is -2.17. The SMILES string of the molecule is CCc1cc(CN(C)C2CCCOC2)c(C=O)cc1Cc1ccc(OC)cc1. The molecule has 1 atom stereocenters. The fourth-order valence-corrected chi connectivity index (χ4v) is 3.93. The Morgan fingerprint density at radius 1 is 1.18 bits per heavy atom. The van der Waals surface area contributed by atoms with Crippen LogP contribution < -0.4 is 4.74 Å². The standard InChI is InChI=1S/C24H31NO3/c1-4-19-13-21(15-25(2)23-6-5-11-28-17-23)22(16-26)14-20(19)12-18-7-9-24(27-3)10-8-18/h7-10,13-14,16,23H,4-6,11-12,15,17H2,1-3H3. The van der Waals surface area contributed by atoms with E-state index in [0.29, 0.717) is 6.04 Å². The lowest BCUT2D eigenvalue weighted by molar-refractivity contribution is 0.0249. The zero-order valence-electron chi connectivity index (χ0n) is 17.2. The number of ether oxygens (including phenoxy) is 2. The maximum atomic E-state index is 11.8. The first-order valence-electron chi connectivity index (χ1n) is 10.1. The zero-order valence-corrected chi connectivity index (χ0v) is 17.2. The Kier molecular flexibility index (Phi) is 7.24. The van der Waals surface area contributed by atoms with Crippen molar-refractivity contribution in [2.24, 2.45) is 0 Å². The van der Waals surface area contributed by atoms with Crippen LogP contribution in [0.2, 0.25) is 0 Å². The van der Waals surface area contributed by atoms with Crippen LogP contribution in [0, 0.1) is 0 Å². The Labute approximate surface area is 168 Å². The van der Waals surface area contributed by atoms with Gasteiger partial charge in [-0.25, -0.2) is 0 Å². The van der Waals surface area contributed by atoms with Crippen LogP contribution in [0.3, 0.4) is 0 Å². The summed E-state index contributed by atoms with van der Waals surface area (Å²) in [6, 6.07) is 12.9. The quantitative estimate of drug-likeness (QED) is 0.640. The van der Waals surface area contributed by atoms with Crippen LogP contribution >= 0.6 is 0 Å². The summed E-state index contributed by atoms with van der Waals surface area (Å²) in [5, 5.41) is 0. The molecular formula is C24H31NO3. The molecular weight excluding hydrogens is 350 g/mol. The molecule has 2 aromatic carbocycles. The molecule has 1 aliphatic rings. The monoisotopic (exact) mass is 381 g/mol. The molecule has 4 heteroatoms. The van der Waals surface area contributed by atoms with E-state index < -0.39 is 0 Å². The molecule has 0 aliphatic carbocycles. The third-order valence-corrected chi connectivity index (χ3v) is 5.70. The van der Waals surface area contributed by atoms with Gasteiger partial charge >= 0.3 is 0 Å². The molecule has 150 valence electrons. The Morgan fingerprint density at radius 3 is 2.57 bits per heavy atom. The van der Waals surface area contributed by atoms with E-state index in [1.165, 1.54) is 16.7 Å². The molecule has 0 aromatic heterocycles. The summed E-state index contributed by atoms with van der Waals surface area (Å²) < 4.78 is 10.9. The number of carbonyl (C=O) groups excluding carboxylic acids is 1. The molecule has 0 N–H and O–H groups in total. The topological polar surface area (TPSA) is 38.8 Å². The number of likely N-dealkylation sites (N-methyl/N-ethyl adjacent to an activating group) is 1. The number of hydrogen-bond donors (Lipinski definition) is 0. The Morgan fingerprint density at radius 2 is 1.96 bits per heavy atom. The van der Waals surface area contributed by atoms with Crippen molar-refractivity contribution in [1.82, 2.24) is 4.90 Å². The van der Waals surface area contributed by atoms with E-state index in [1.807, 2.05) is 12.1 Å². The first-order chi connectivity index (χ1) is 13.6. The number of hydrogen-bond acceptors (Lipinski definition) is 4. The molecule has 0 spiro atoms. The second-order valence-electron chi connectivity index (χ2n) is 7.60. The number of nitrogens with zero attached hydrogens (tertiary/aromatic N) is 1. The van der Waals surface area contributed by atoms with E-state index >= 15 is 0 Å². The van der Waals surface area contributed by atoms with Gasteiger partial charge in [-0.2, -0.15) is 0 Å². The van der Waals surface area contributed by atoms with Gasteiger partial charge in [-0.3, -0.25) is 9.69 Å². The summed E-state index contributed by atoms with van der Waals surface area (Å²) in [4.78, 5) is 14.1. The van der Waals surface area contributed by atoms with Crippen molar-refractivity contribution >= 4 is 6.29 Å². The normalized spacial score (nSPS) is 16.9. The first-order valence-corrected chi connectivity index (χ1v) is 10.1. The summed E-state index contributed by atoms with van der Waals surface area (Å²) >= 11 is 0. The minimum Gasteiger partial charge on any atom is -0.497 e. The van der Waals surface area contributed by atoms with Gasteiger partial charge in [-0.15, -0.1) is 0 Å². The van der Waals surface area contributed by atoms with Crippen LogP contribution in [0.4, 0.5) is 0 Å². The minimum absolute atomic E-state index is 0.428. The Balaban J connectivity index is 1.81. The summed E-state index contributed by atoms with van der Waals surface area (Å²) in [7, 11) is 3.81. The van der Waals surface area contributed by atoms with Crippen LogP contribution in [0.1, 0.15) is 52.4 Å². The van der Waals surface area contributed by atoms with E-state index in [2.05, 4.69) is 43.1 Å². The van der Waals surface area contributed by atoms with Crippen molar-refractivity contribution in [3.05, 3.63) is 64.2 Å². The number of benzene rings is 2. The maximum Gasteiger partial charge on any atom is 0.150 e. The van der Waals surface area contributed by atoms with Crippen molar-refractivity contribution in [3.63, 3.8) is 0 Å². The fourth-order valence-electron chi connectivity index (χ4n) is 3.93. The molecule has 3 rings (SSSR count). The molecule has 1 heterocycles. The van der Waals surface area contributed by atoms with E-state index in [-0.39, 0.29) is 0 Å². The van der Waals surface area contributed by atoms with Gasteiger partial charge in [0.1, 0.15) is 12.0 Å². The molecule has 0 radical (unpaired) electrons. The second kappa shape index (κ2) is 9.85. The molecule has 0 amide bonds. The van der Waals surface area contributed by atoms with E-state index in [0.717, 1.165) is 68.6 Å². The molecule has 2 aromatic rings. The van der Waals surface area contributed by atoms with E-state index in [1.54, 1.807) is 7.11 Å². The van der Waals surface area contributed by atoms with Crippen molar-refractivity contribution in [2.75, 3.05) is 27.4 Å². The van der Waals surface area contributed by atoms with Gasteiger partial charge in [0.25, 0.3) is 0 Å². The molecule has 1 aliphatic heterocycles. The predicted molar refractivity (Wildman–Crippen MR) is 112 cm³/mol. The van der Waals surface area contributed by atoms with Gasteiger partial charge in [-0.1, -0.05) is 25.1 Å². The van der Waals surface area contributed by atoms with Crippen molar-refractivity contribution in [1.29, 1.82) is 0 Å². The van der Waals surface area contributed by atoms with Gasteiger partial charge in [0.2, 0.25) is 0 Å². The molecule has 1 unspecified atom stereocenters. The highest BCUT2D eigenvalue weighted by molar-refractivity contribution is 5.78. The van der Waals surface area contributed by atoms with Crippen LogP contribution in [0.25, 0.3) is 0 Å². The number of aryl methyl sites for hydroxylation is 1. The highest BCUT2D eigenvalue weighted by atomic mass is 16.5. The molecule has 1 saturated heterocycles. The van der Waals surface area contributed by atoms with Crippen LogP contribution in [-0.4, -0.2) is 44.6 Å². The molecule has 0 bridgehead atoms. The zero-order chi connectivity index (χ0) is 19.9. The van der Waals surface area contributed by atoms with Gasteiger partial charge in [0.15, 0.2) is 0 Å². The number of carbonyl (C=O) groups is 1. The lowest BCUT2D eigenvalue weighted by Crippen LogP contribution is -2.38. The third-order valence-electron chi connectivity index (χ3n) is 5.70. The fraction of sp³-hybridized carbons (Fsp3) is 0.458. The largest absolute Gasteiger partial charge is 0.497 e. The van der Waals surface area contributed by atoms with Crippen LogP contribution in [0.15, 0.2) is 36.4 Å². The third kappa shape index (κ3) is 5.00. The van der Waals surface area contributed by atoms with E-state index in [4.69, 9.17) is 9.47 Å². The van der Waals surface area contributed by atoms with Gasteiger partial charge < -0.3 is 9.47 Å². The highest BCUT2D eigenvalue weighted by Gasteiger charge is 2.20. The molecule has 1 fully saturated rings. The predicted octanol–water partition coefficient (Wildman–Crippen LogP) is 4.27. The smallest absolute Gasteiger partial charge is 0.150 e. The first kappa shape index (κ1) is 20.6. The Bertz CT molecular complexity index is 779. The van der Waals surface area contributed by atoms with Gasteiger partial charge in [0, 0.05) is 24.8 Å². The number of rotatable bonds is 8. The maximum absolute atomic E-state index is 11.8. The lowest BCUT2D eigenvalue weighted by atomic mass is 9.92. The van der Waals surface area contributed by atoms with Crippen molar-refractivity contribution < 1.29 is 14.3 Å². The minimum atomic E-state index is 0.428. The highest BCUT2D eigenvalue weighted by Crippen LogP contribution is 2.24. The average molecular weight is 382 g/mol. The summed E-state index contributed by atoms with van der Waals surface area (Å²) in [5.74, 6) is 0.859. The lowest BCUT2D eigenvalue weighted by Gasteiger charge is -2.31. The van der Waals surface area contributed by atoms with Crippen LogP contribution in [0.5, 0.6) is 5.75 Å². The second-order valence-corrected chi connectivity index (χ2v) is 7.60. The summed E-state index contributed by atoms with van der Waals surface area (Å²) in [6.45, 7) is 4.60. The summed E-state index contributed by atoms with van der Waals surface area (Å²) in [5.41, 5.74) is 5.66. The van der Waals surface area contributed by atoms with Crippen molar-refractivity contribution in [2.45, 2.75) is 45.2 Å². The van der Waals surface area contributed by atoms with Gasteiger partial charge in [-0.05, 0) is 73.2 Å². The number of aldehydes is 1. The van der Waals surface area contributed by atoms with E-state index in [9.17, 15) is 4.79 Å². The average Bonchev–Trinajstić information content (AvgIpc) is 2.75. The molecule has 4 nitrogen and oxygen atoms in total. The van der Waals surface area contributed by atoms with Crippen LogP contribution in [-0.2, 0) is 24.1 Å².